The minimum absolute atomic E-state index is 0.183. The summed E-state index contributed by atoms with van der Waals surface area (Å²) in [5.41, 5.74) is 0.922. The van der Waals surface area contributed by atoms with E-state index in [4.69, 9.17) is 26.1 Å². The van der Waals surface area contributed by atoms with E-state index in [1.165, 1.54) is 12.1 Å². The number of aliphatic imine (C=N–C) groups is 1. The molecule has 2 amide bonds. The second-order valence-corrected chi connectivity index (χ2v) is 12.4. The van der Waals surface area contributed by atoms with E-state index in [1.54, 1.807) is 38.3 Å². The van der Waals surface area contributed by atoms with E-state index < -0.39 is 42.1 Å². The summed E-state index contributed by atoms with van der Waals surface area (Å²) in [6.07, 6.45) is 1.93. The normalized spacial score (nSPS) is 16.7. The van der Waals surface area contributed by atoms with Gasteiger partial charge >= 0.3 is 5.97 Å². The van der Waals surface area contributed by atoms with Crippen molar-refractivity contribution in [3.63, 3.8) is 0 Å². The number of aliphatic hydroxyl groups is 1. The highest BCUT2D eigenvalue weighted by Crippen LogP contribution is 2.35. The van der Waals surface area contributed by atoms with Gasteiger partial charge in [-0.05, 0) is 68.3 Å². The average molecular weight is 687 g/mol. The molecular weight excluding hydrogens is 652 g/mol. The van der Waals surface area contributed by atoms with Crippen molar-refractivity contribution in [3.05, 3.63) is 100 Å². The SMILES string of the molecule is COc1ccc2c(c1)C(c1ccc(Cl)cc1)=N[C@@H](NC(=O)CNC(=O)c1cccc(OCC(O)(C(=O)O)C3CCCC3)c1)c1nnc(C)n1-2. The van der Waals surface area contributed by atoms with Crippen LogP contribution in [0.25, 0.3) is 5.69 Å². The summed E-state index contributed by atoms with van der Waals surface area (Å²) in [5.74, 6) is -1.08. The van der Waals surface area contributed by atoms with Crippen LogP contribution >= 0.6 is 11.6 Å². The molecule has 3 aromatic carbocycles. The molecule has 1 aliphatic heterocycles. The number of carbonyl (C=O) groups excluding carboxylic acids is 2. The number of carboxylic acids is 1. The van der Waals surface area contributed by atoms with Gasteiger partial charge < -0.3 is 30.3 Å². The highest BCUT2D eigenvalue weighted by molar-refractivity contribution is 6.30. The van der Waals surface area contributed by atoms with Crippen molar-refractivity contribution in [2.24, 2.45) is 10.9 Å². The van der Waals surface area contributed by atoms with E-state index in [9.17, 15) is 24.6 Å². The predicted molar refractivity (Wildman–Crippen MR) is 179 cm³/mol. The summed E-state index contributed by atoms with van der Waals surface area (Å²) in [6, 6.07) is 18.8. The van der Waals surface area contributed by atoms with Gasteiger partial charge in [0.25, 0.3) is 5.91 Å². The van der Waals surface area contributed by atoms with Gasteiger partial charge in [0.2, 0.25) is 5.91 Å². The third-order valence-electron chi connectivity index (χ3n) is 8.83. The van der Waals surface area contributed by atoms with Gasteiger partial charge in [0, 0.05) is 27.6 Å². The van der Waals surface area contributed by atoms with Gasteiger partial charge in [0.05, 0.1) is 25.1 Å². The van der Waals surface area contributed by atoms with Gasteiger partial charge in [-0.25, -0.2) is 4.79 Å². The zero-order valence-electron chi connectivity index (χ0n) is 26.9. The molecule has 2 aliphatic rings. The summed E-state index contributed by atoms with van der Waals surface area (Å²) in [6.45, 7) is 0.952. The van der Waals surface area contributed by atoms with Crippen molar-refractivity contribution in [3.8, 4) is 17.2 Å². The number of methoxy groups -OCH3 is 1. The third-order valence-corrected chi connectivity index (χ3v) is 9.09. The van der Waals surface area contributed by atoms with Crippen molar-refractivity contribution >= 4 is 35.1 Å². The number of halogens is 1. The van der Waals surface area contributed by atoms with Gasteiger partial charge in [0.15, 0.2) is 17.6 Å². The number of aromatic nitrogens is 3. The maximum absolute atomic E-state index is 13.3. The first kappa shape index (κ1) is 33.6. The number of nitrogens with zero attached hydrogens (tertiary/aromatic N) is 4. The number of fused-ring (bicyclic) bond motifs is 3. The number of ether oxygens (including phenoxy) is 2. The molecule has 6 rings (SSSR count). The fourth-order valence-electron chi connectivity index (χ4n) is 6.22. The van der Waals surface area contributed by atoms with Crippen LogP contribution in [0.4, 0.5) is 0 Å². The second kappa shape index (κ2) is 14.1. The molecule has 0 saturated heterocycles. The standard InChI is InChI=1S/C35H35ClN6O7/c1-20-40-41-32-31(39-30(21-10-12-24(36)13-11-21)27-17-25(48-2)14-15-28(27)42(20)32)38-29(43)18-37-33(44)22-6-5-9-26(16-22)49-19-35(47,34(45)46)23-7-3-4-8-23/h5-6,9-17,23,31,47H,3-4,7-8,18-19H2,1-2H3,(H,37,44)(H,38,43)(H,45,46)/t31-,35?/m1/s1. The molecule has 0 bridgehead atoms. The van der Waals surface area contributed by atoms with E-state index in [1.807, 2.05) is 34.9 Å². The molecule has 13 nitrogen and oxygen atoms in total. The Kier molecular flexibility index (Phi) is 9.65. The lowest BCUT2D eigenvalue weighted by atomic mass is 9.87. The van der Waals surface area contributed by atoms with Gasteiger partial charge in [-0.3, -0.25) is 19.1 Å². The molecular formula is C35H35ClN6O7. The number of rotatable bonds is 11. The summed E-state index contributed by atoms with van der Waals surface area (Å²) < 4.78 is 13.0. The zero-order chi connectivity index (χ0) is 34.7. The van der Waals surface area contributed by atoms with Crippen LogP contribution in [0.5, 0.6) is 11.5 Å². The molecule has 1 aromatic heterocycles. The number of carboxylic acid groups (broad SMARTS) is 1. The molecule has 2 atom stereocenters. The number of nitrogens with one attached hydrogen (secondary N) is 2. The van der Waals surface area contributed by atoms with Crippen LogP contribution in [0.15, 0.2) is 71.7 Å². The van der Waals surface area contributed by atoms with Gasteiger partial charge in [-0.1, -0.05) is 42.6 Å². The van der Waals surface area contributed by atoms with E-state index >= 15 is 0 Å². The molecule has 4 N–H and O–H groups in total. The van der Waals surface area contributed by atoms with Crippen LogP contribution in [0, 0.1) is 12.8 Å². The Balaban J connectivity index is 1.18. The van der Waals surface area contributed by atoms with Crippen molar-refractivity contribution in [1.29, 1.82) is 0 Å². The Morgan fingerprint density at radius 3 is 2.49 bits per heavy atom. The van der Waals surface area contributed by atoms with Gasteiger partial charge in [-0.15, -0.1) is 10.2 Å². The number of aliphatic carboxylic acids is 1. The summed E-state index contributed by atoms with van der Waals surface area (Å²) in [5, 5.41) is 35.2. The monoisotopic (exact) mass is 686 g/mol. The first-order chi connectivity index (χ1) is 23.6. The second-order valence-electron chi connectivity index (χ2n) is 12.0. The number of aryl methyl sites for hydroxylation is 1. The first-order valence-electron chi connectivity index (χ1n) is 15.8. The number of hydrogen-bond acceptors (Lipinski definition) is 9. The molecule has 49 heavy (non-hydrogen) atoms. The topological polar surface area (TPSA) is 177 Å². The molecule has 1 aliphatic carbocycles. The number of benzene rings is 3. The fourth-order valence-corrected chi connectivity index (χ4v) is 6.34. The largest absolute Gasteiger partial charge is 0.497 e. The zero-order valence-corrected chi connectivity index (χ0v) is 27.6. The Bertz CT molecular complexity index is 1920. The minimum Gasteiger partial charge on any atom is -0.497 e. The summed E-state index contributed by atoms with van der Waals surface area (Å²) in [4.78, 5) is 43.2. The van der Waals surface area contributed by atoms with Gasteiger partial charge in [-0.2, -0.15) is 0 Å². The molecule has 4 aromatic rings. The first-order valence-corrected chi connectivity index (χ1v) is 16.2. The van der Waals surface area contributed by atoms with Crippen LogP contribution in [0.3, 0.4) is 0 Å². The number of amides is 2. The third kappa shape index (κ3) is 6.99. The predicted octanol–water partition coefficient (Wildman–Crippen LogP) is 4.02. The fraction of sp³-hybridized carbons (Fsp3) is 0.314. The molecule has 1 unspecified atom stereocenters. The van der Waals surface area contributed by atoms with Crippen LogP contribution in [-0.4, -0.2) is 74.3 Å². The average Bonchev–Trinajstić information content (AvgIpc) is 3.76. The van der Waals surface area contributed by atoms with Crippen LogP contribution in [0.2, 0.25) is 5.02 Å². The highest BCUT2D eigenvalue weighted by atomic mass is 35.5. The number of hydrogen-bond donors (Lipinski definition) is 4. The molecule has 1 saturated carbocycles. The molecule has 0 spiro atoms. The van der Waals surface area contributed by atoms with Crippen molar-refractivity contribution in [1.82, 2.24) is 25.4 Å². The van der Waals surface area contributed by atoms with Crippen LogP contribution in [0.1, 0.15) is 65.0 Å². The van der Waals surface area contributed by atoms with Crippen molar-refractivity contribution < 1.29 is 34.1 Å². The van der Waals surface area contributed by atoms with Crippen molar-refractivity contribution in [2.45, 2.75) is 44.4 Å². The Labute approximate surface area is 286 Å². The van der Waals surface area contributed by atoms with Crippen molar-refractivity contribution in [2.75, 3.05) is 20.3 Å². The van der Waals surface area contributed by atoms with E-state index in [-0.39, 0.29) is 17.9 Å². The van der Waals surface area contributed by atoms with Gasteiger partial charge in [0.1, 0.15) is 23.9 Å². The Hall–Kier alpha value is -5.27. The molecule has 254 valence electrons. The quantitative estimate of drug-likeness (QED) is 0.181. The smallest absolute Gasteiger partial charge is 0.339 e. The number of carbonyl (C=O) groups is 3. The molecule has 0 radical (unpaired) electrons. The van der Waals surface area contributed by atoms with E-state index in [0.29, 0.717) is 41.0 Å². The highest BCUT2D eigenvalue weighted by Gasteiger charge is 2.46. The molecule has 14 heteroatoms. The lowest BCUT2D eigenvalue weighted by molar-refractivity contribution is -0.169. The van der Waals surface area contributed by atoms with Crippen LogP contribution in [-0.2, 0) is 9.59 Å². The van der Waals surface area contributed by atoms with Crippen LogP contribution < -0.4 is 20.1 Å². The maximum Gasteiger partial charge on any atom is 0.339 e. The maximum atomic E-state index is 13.3. The summed E-state index contributed by atoms with van der Waals surface area (Å²) >= 11 is 6.17. The lowest BCUT2D eigenvalue weighted by Gasteiger charge is -2.29. The van der Waals surface area contributed by atoms with E-state index in [0.717, 1.165) is 29.7 Å². The summed E-state index contributed by atoms with van der Waals surface area (Å²) in [7, 11) is 1.57. The molecule has 2 heterocycles. The van der Waals surface area contributed by atoms with E-state index in [2.05, 4.69) is 20.8 Å². The lowest BCUT2D eigenvalue weighted by Crippen LogP contribution is -2.50. The minimum atomic E-state index is -2.03. The Morgan fingerprint density at radius 2 is 1.78 bits per heavy atom. The Morgan fingerprint density at radius 1 is 1.02 bits per heavy atom. The molecule has 1 fully saturated rings.